The van der Waals surface area contributed by atoms with E-state index in [-0.39, 0.29) is 0 Å². The Morgan fingerprint density at radius 3 is 2.29 bits per heavy atom. The van der Waals surface area contributed by atoms with Crippen LogP contribution in [0, 0.1) is 0 Å². The Morgan fingerprint density at radius 2 is 1.68 bits per heavy atom. The van der Waals surface area contributed by atoms with Gasteiger partial charge in [-0.2, -0.15) is 13.2 Å². The molecule has 0 saturated carbocycles. The lowest BCUT2D eigenvalue weighted by atomic mass is 9.96. The molecule has 0 aliphatic rings. The highest BCUT2D eigenvalue weighted by atomic mass is 19.4. The van der Waals surface area contributed by atoms with E-state index in [1.807, 2.05) is 0 Å². The number of nitrogens with two attached hydrogens (primary N) is 1. The van der Waals surface area contributed by atoms with Crippen LogP contribution in [0.15, 0.2) is 60.7 Å². The molecule has 7 heteroatoms. The molecule has 3 rings (SSSR count). The lowest BCUT2D eigenvalue weighted by Gasteiger charge is -2.12. The molecule has 4 nitrogen and oxygen atoms in total. The molecule has 3 aromatic rings. The molecule has 0 saturated heterocycles. The lowest BCUT2D eigenvalue weighted by molar-refractivity contribution is -0.137. The molecule has 0 heterocycles. The Bertz CT molecular complexity index is 1040. The lowest BCUT2D eigenvalue weighted by Crippen LogP contribution is -2.42. The quantitative estimate of drug-likeness (QED) is 0.708. The molecule has 144 valence electrons. The van der Waals surface area contributed by atoms with E-state index in [0.717, 1.165) is 28.5 Å². The van der Waals surface area contributed by atoms with Crippen molar-refractivity contribution in [3.63, 3.8) is 0 Å². The number of carbonyl (C=O) groups excluding carboxylic acids is 2. The van der Waals surface area contributed by atoms with E-state index in [1.165, 1.54) is 19.1 Å². The van der Waals surface area contributed by atoms with E-state index in [9.17, 15) is 22.8 Å². The van der Waals surface area contributed by atoms with E-state index in [4.69, 9.17) is 5.73 Å². The van der Waals surface area contributed by atoms with Crippen LogP contribution < -0.4 is 11.1 Å². The van der Waals surface area contributed by atoms with E-state index in [2.05, 4.69) is 5.32 Å². The summed E-state index contributed by atoms with van der Waals surface area (Å²) in [5.41, 5.74) is 6.18. The molecular weight excluding hydrogens is 369 g/mol. The summed E-state index contributed by atoms with van der Waals surface area (Å²) < 4.78 is 38.3. The van der Waals surface area contributed by atoms with Gasteiger partial charge in [0.15, 0.2) is 0 Å². The number of amides is 2. The first kappa shape index (κ1) is 19.4. The monoisotopic (exact) mass is 386 g/mol. The number of benzene rings is 3. The topological polar surface area (TPSA) is 72.2 Å². The zero-order valence-electron chi connectivity index (χ0n) is 14.9. The predicted molar refractivity (Wildman–Crippen MR) is 101 cm³/mol. The zero-order valence-corrected chi connectivity index (χ0v) is 14.9. The van der Waals surface area contributed by atoms with E-state index >= 15 is 0 Å². The van der Waals surface area contributed by atoms with Crippen molar-refractivity contribution in [2.75, 3.05) is 0 Å². The second-order valence-corrected chi connectivity index (χ2v) is 6.41. The highest BCUT2D eigenvalue weighted by molar-refractivity contribution is 6.03. The van der Waals surface area contributed by atoms with Gasteiger partial charge in [-0.05, 0) is 53.1 Å². The molecule has 3 aromatic carbocycles. The molecule has 0 aliphatic carbocycles. The average Bonchev–Trinajstić information content (AvgIpc) is 2.66. The number of hydrogen-bond acceptors (Lipinski definition) is 2. The molecule has 0 aliphatic heterocycles. The van der Waals surface area contributed by atoms with Gasteiger partial charge < -0.3 is 11.1 Å². The third-order valence-electron chi connectivity index (χ3n) is 4.44. The van der Waals surface area contributed by atoms with E-state index in [1.54, 1.807) is 36.4 Å². The Balaban J connectivity index is 1.96. The van der Waals surface area contributed by atoms with Crippen LogP contribution in [0.25, 0.3) is 21.9 Å². The molecule has 3 N–H and O–H groups in total. The van der Waals surface area contributed by atoms with Crippen molar-refractivity contribution in [3.05, 3.63) is 71.8 Å². The first-order valence-corrected chi connectivity index (χ1v) is 8.47. The number of fused-ring (bicyclic) bond motifs is 1. The summed E-state index contributed by atoms with van der Waals surface area (Å²) in [6.07, 6.45) is -4.39. The smallest absolute Gasteiger partial charge is 0.368 e. The third kappa shape index (κ3) is 3.98. The summed E-state index contributed by atoms with van der Waals surface area (Å²) in [6, 6.07) is 14.5. The Morgan fingerprint density at radius 1 is 1.00 bits per heavy atom. The Labute approximate surface area is 159 Å². The molecule has 0 radical (unpaired) electrons. The first-order chi connectivity index (χ1) is 13.2. The van der Waals surface area contributed by atoms with Crippen LogP contribution in [-0.4, -0.2) is 17.9 Å². The maximum atomic E-state index is 12.8. The fourth-order valence-corrected chi connectivity index (χ4v) is 2.87. The van der Waals surface area contributed by atoms with Crippen molar-refractivity contribution in [1.29, 1.82) is 0 Å². The molecular formula is C21H17F3N2O2. The Hall–Kier alpha value is -3.35. The molecule has 28 heavy (non-hydrogen) atoms. The minimum atomic E-state index is -4.39. The number of halogens is 3. The minimum Gasteiger partial charge on any atom is -0.368 e. The van der Waals surface area contributed by atoms with Gasteiger partial charge in [0.25, 0.3) is 5.91 Å². The van der Waals surface area contributed by atoms with Crippen LogP contribution in [0.2, 0.25) is 0 Å². The minimum absolute atomic E-state index is 0.352. The zero-order chi connectivity index (χ0) is 20.5. The molecule has 0 spiro atoms. The van der Waals surface area contributed by atoms with Gasteiger partial charge in [-0.3, -0.25) is 9.59 Å². The SMILES string of the molecule is CC(NC(=O)c1ccc2c(-c3ccc(C(F)(F)F)cc3)cccc2c1)C(N)=O. The summed E-state index contributed by atoms with van der Waals surface area (Å²) in [7, 11) is 0. The maximum Gasteiger partial charge on any atom is 0.416 e. The van der Waals surface area contributed by atoms with Crippen LogP contribution in [0.5, 0.6) is 0 Å². The van der Waals surface area contributed by atoms with Gasteiger partial charge >= 0.3 is 6.18 Å². The first-order valence-electron chi connectivity index (χ1n) is 8.47. The summed E-state index contributed by atoms with van der Waals surface area (Å²) in [5, 5.41) is 4.05. The fourth-order valence-electron chi connectivity index (χ4n) is 2.87. The molecule has 1 unspecified atom stereocenters. The normalized spacial score (nSPS) is 12.6. The fraction of sp³-hybridized carbons (Fsp3) is 0.143. The van der Waals surface area contributed by atoms with Crippen molar-refractivity contribution in [3.8, 4) is 11.1 Å². The van der Waals surface area contributed by atoms with Crippen molar-refractivity contribution in [1.82, 2.24) is 5.32 Å². The molecule has 2 amide bonds. The summed E-state index contributed by atoms with van der Waals surface area (Å²) >= 11 is 0. The third-order valence-corrected chi connectivity index (χ3v) is 4.44. The molecule has 0 bridgehead atoms. The molecule has 0 aromatic heterocycles. The predicted octanol–water partition coefficient (Wildman–Crippen LogP) is 4.13. The van der Waals surface area contributed by atoms with Crippen molar-refractivity contribution in [2.45, 2.75) is 19.1 Å². The Kier molecular flexibility index (Phi) is 5.09. The van der Waals surface area contributed by atoms with Crippen LogP contribution in [-0.2, 0) is 11.0 Å². The van der Waals surface area contributed by atoms with Crippen molar-refractivity contribution in [2.24, 2.45) is 5.73 Å². The highest BCUT2D eigenvalue weighted by Crippen LogP contribution is 2.33. The van der Waals surface area contributed by atoms with Gasteiger partial charge in [0, 0.05) is 5.56 Å². The summed E-state index contributed by atoms with van der Waals surface area (Å²) in [5.74, 6) is -1.08. The van der Waals surface area contributed by atoms with Crippen LogP contribution in [0.1, 0.15) is 22.8 Å². The summed E-state index contributed by atoms with van der Waals surface area (Å²) in [4.78, 5) is 23.4. The van der Waals surface area contributed by atoms with Gasteiger partial charge in [0.2, 0.25) is 5.91 Å². The standard InChI is InChI=1S/C21H17F3N2O2/c1-12(19(25)27)26-20(28)15-7-10-18-14(11-15)3-2-4-17(18)13-5-8-16(9-6-13)21(22,23)24/h2-12H,1H3,(H2,25,27)(H,26,28). The van der Waals surface area contributed by atoms with Gasteiger partial charge in [-0.1, -0.05) is 36.4 Å². The van der Waals surface area contributed by atoms with Gasteiger partial charge in [0.1, 0.15) is 6.04 Å². The van der Waals surface area contributed by atoms with Gasteiger partial charge in [0.05, 0.1) is 5.56 Å². The molecule has 1 atom stereocenters. The van der Waals surface area contributed by atoms with Crippen LogP contribution in [0.4, 0.5) is 13.2 Å². The van der Waals surface area contributed by atoms with Crippen LogP contribution in [0.3, 0.4) is 0 Å². The van der Waals surface area contributed by atoms with E-state index in [0.29, 0.717) is 11.1 Å². The van der Waals surface area contributed by atoms with Gasteiger partial charge in [-0.25, -0.2) is 0 Å². The summed E-state index contributed by atoms with van der Waals surface area (Å²) in [6.45, 7) is 1.49. The molecule has 0 fully saturated rings. The maximum absolute atomic E-state index is 12.8. The second kappa shape index (κ2) is 7.34. The average molecular weight is 386 g/mol. The highest BCUT2D eigenvalue weighted by Gasteiger charge is 2.30. The van der Waals surface area contributed by atoms with Crippen LogP contribution >= 0.6 is 0 Å². The van der Waals surface area contributed by atoms with E-state index < -0.39 is 29.6 Å². The van der Waals surface area contributed by atoms with Crippen molar-refractivity contribution < 1.29 is 22.8 Å². The van der Waals surface area contributed by atoms with Crippen molar-refractivity contribution >= 4 is 22.6 Å². The number of carbonyl (C=O) groups is 2. The number of alkyl halides is 3. The number of rotatable bonds is 4. The number of primary amides is 1. The van der Waals surface area contributed by atoms with Gasteiger partial charge in [-0.15, -0.1) is 0 Å². The number of hydrogen-bond donors (Lipinski definition) is 2. The number of nitrogens with one attached hydrogen (secondary N) is 1. The largest absolute Gasteiger partial charge is 0.416 e. The second-order valence-electron chi connectivity index (χ2n) is 6.41.